The van der Waals surface area contributed by atoms with Crippen LogP contribution in [-0.4, -0.2) is 38.7 Å². The van der Waals surface area contributed by atoms with Crippen molar-refractivity contribution in [3.8, 4) is 0 Å². The number of Topliss-reactive ketones (excluding diaryl/α,β-unsaturated/α-hetero) is 1. The van der Waals surface area contributed by atoms with Gasteiger partial charge >= 0.3 is 5.97 Å². The molecule has 36 heavy (non-hydrogen) atoms. The molecular formula is C29H33BrCl2O4. The van der Waals surface area contributed by atoms with Gasteiger partial charge in [0, 0.05) is 23.2 Å². The molecule has 5 rings (SSSR count). The molecule has 1 aromatic rings. The smallest absolute Gasteiger partial charge is 0.339 e. The van der Waals surface area contributed by atoms with E-state index in [1.807, 2.05) is 13.0 Å². The van der Waals surface area contributed by atoms with Crippen molar-refractivity contribution in [3.05, 3.63) is 47.5 Å². The average Bonchev–Trinajstić information content (AvgIpc) is 3.07. The monoisotopic (exact) mass is 594 g/mol. The molecule has 0 aliphatic heterocycles. The van der Waals surface area contributed by atoms with Crippen molar-refractivity contribution in [1.82, 2.24) is 0 Å². The average molecular weight is 596 g/mol. The van der Waals surface area contributed by atoms with Crippen molar-refractivity contribution in [2.75, 3.05) is 5.33 Å². The van der Waals surface area contributed by atoms with Crippen LogP contribution in [0.15, 0.2) is 42.0 Å². The lowest BCUT2D eigenvalue weighted by Crippen LogP contribution is -2.68. The summed E-state index contributed by atoms with van der Waals surface area (Å²) >= 11 is 18.4. The van der Waals surface area contributed by atoms with Crippen molar-refractivity contribution in [2.24, 2.45) is 28.6 Å². The maximum atomic E-state index is 13.8. The molecule has 2 unspecified atom stereocenters. The van der Waals surface area contributed by atoms with E-state index in [4.69, 9.17) is 27.9 Å². The third kappa shape index (κ3) is 3.34. The summed E-state index contributed by atoms with van der Waals surface area (Å²) in [5, 5.41) is -0.353. The van der Waals surface area contributed by atoms with E-state index in [9.17, 15) is 14.4 Å². The van der Waals surface area contributed by atoms with Crippen LogP contribution >= 0.6 is 39.1 Å². The second-order valence-electron chi connectivity index (χ2n) is 11.8. The van der Waals surface area contributed by atoms with Crippen molar-refractivity contribution < 1.29 is 19.1 Å². The third-order valence-corrected chi connectivity index (χ3v) is 12.4. The van der Waals surface area contributed by atoms with Gasteiger partial charge in [-0.15, -0.1) is 23.2 Å². The van der Waals surface area contributed by atoms with Gasteiger partial charge in [-0.25, -0.2) is 4.79 Å². The molecule has 0 spiro atoms. The zero-order valence-corrected chi connectivity index (χ0v) is 24.1. The third-order valence-electron chi connectivity index (χ3n) is 10.3. The Labute approximate surface area is 231 Å². The predicted octanol–water partition coefficient (Wildman–Crippen LogP) is 6.90. The molecule has 0 aromatic heterocycles. The van der Waals surface area contributed by atoms with Gasteiger partial charge < -0.3 is 4.74 Å². The van der Waals surface area contributed by atoms with Crippen LogP contribution in [0.4, 0.5) is 0 Å². The van der Waals surface area contributed by atoms with E-state index in [0.717, 1.165) is 24.8 Å². The number of alkyl halides is 3. The largest absolute Gasteiger partial charge is 0.447 e. The molecule has 3 fully saturated rings. The highest BCUT2D eigenvalue weighted by atomic mass is 79.9. The van der Waals surface area contributed by atoms with E-state index in [1.54, 1.807) is 30.3 Å². The van der Waals surface area contributed by atoms with Gasteiger partial charge in [-0.05, 0) is 62.1 Å². The summed E-state index contributed by atoms with van der Waals surface area (Å²) in [4.78, 5) is 38.7. The van der Waals surface area contributed by atoms with Gasteiger partial charge in [-0.3, -0.25) is 9.59 Å². The van der Waals surface area contributed by atoms with Crippen LogP contribution in [0.2, 0.25) is 0 Å². The van der Waals surface area contributed by atoms with Crippen LogP contribution in [0.25, 0.3) is 0 Å². The van der Waals surface area contributed by atoms with Crippen molar-refractivity contribution in [2.45, 2.75) is 75.1 Å². The highest BCUT2D eigenvalue weighted by molar-refractivity contribution is 9.09. The number of rotatable bonds is 4. The number of benzene rings is 1. The van der Waals surface area contributed by atoms with Gasteiger partial charge in [0.15, 0.2) is 17.2 Å². The molecule has 0 radical (unpaired) electrons. The van der Waals surface area contributed by atoms with Crippen LogP contribution in [0.3, 0.4) is 0 Å². The molecule has 1 aromatic carbocycles. The Morgan fingerprint density at radius 2 is 1.83 bits per heavy atom. The van der Waals surface area contributed by atoms with Gasteiger partial charge in [-0.2, -0.15) is 0 Å². The first-order valence-corrected chi connectivity index (χ1v) is 14.8. The standard InChI is InChI=1S/C29H33BrCl2O4/c1-17-13-22-21-10-9-19-14-20(33)11-12-26(19,2)28(21,32)23(31)15-27(22,3)29(17,24(34)16-30)36-25(35)18-7-5-4-6-8-18/h4-8,14,17,21-23H,9-13,15-16H2,1-3H3/t17?,21-,22-,23?,26-,27-,28-,29-/m0/s1. The normalized spacial score (nSPS) is 43.6. The lowest BCUT2D eigenvalue weighted by molar-refractivity contribution is -0.164. The molecule has 8 atom stereocenters. The topological polar surface area (TPSA) is 60.4 Å². The Morgan fingerprint density at radius 1 is 1.14 bits per heavy atom. The van der Waals surface area contributed by atoms with Crippen molar-refractivity contribution in [3.63, 3.8) is 0 Å². The SMILES string of the molecule is CC1C[C@H]2[C@@H]3CCC4=CC(=O)CC[C@]4(C)[C@@]3(Cl)C(Cl)C[C@]2(C)[C@@]1(OC(=O)c1ccccc1)C(=O)CBr. The van der Waals surface area contributed by atoms with Crippen LogP contribution < -0.4 is 0 Å². The molecular weight excluding hydrogens is 563 g/mol. The molecule has 194 valence electrons. The molecule has 0 saturated heterocycles. The summed E-state index contributed by atoms with van der Waals surface area (Å²) in [7, 11) is 0. The predicted molar refractivity (Wildman–Crippen MR) is 145 cm³/mol. The van der Waals surface area contributed by atoms with E-state index in [2.05, 4.69) is 29.8 Å². The van der Waals surface area contributed by atoms with Gasteiger partial charge in [0.05, 0.1) is 21.1 Å². The van der Waals surface area contributed by atoms with Crippen LogP contribution in [0, 0.1) is 28.6 Å². The Hall–Kier alpha value is -1.17. The zero-order chi connectivity index (χ0) is 26.1. The fraction of sp³-hybridized carbons (Fsp3) is 0.621. The van der Waals surface area contributed by atoms with Gasteiger partial charge in [0.2, 0.25) is 0 Å². The number of fused-ring (bicyclic) bond motifs is 5. The summed E-state index contributed by atoms with van der Waals surface area (Å²) < 4.78 is 6.35. The fourth-order valence-corrected chi connectivity index (χ4v) is 10.3. The van der Waals surface area contributed by atoms with Crippen molar-refractivity contribution in [1.29, 1.82) is 0 Å². The summed E-state index contributed by atoms with van der Waals surface area (Å²) in [6, 6.07) is 8.85. The van der Waals surface area contributed by atoms with Gasteiger partial charge in [-0.1, -0.05) is 60.5 Å². The van der Waals surface area contributed by atoms with E-state index in [-0.39, 0.29) is 40.1 Å². The number of hydrogen-bond acceptors (Lipinski definition) is 4. The summed E-state index contributed by atoms with van der Waals surface area (Å²) in [5.41, 5.74) is -0.815. The molecule has 0 bridgehead atoms. The number of esters is 1. The Morgan fingerprint density at radius 3 is 2.50 bits per heavy atom. The molecule has 3 saturated carbocycles. The first kappa shape index (κ1) is 26.4. The van der Waals surface area contributed by atoms with Crippen LogP contribution in [-0.2, 0) is 14.3 Å². The lowest BCUT2D eigenvalue weighted by Gasteiger charge is -2.65. The summed E-state index contributed by atoms with van der Waals surface area (Å²) in [6.45, 7) is 6.29. The fourth-order valence-electron chi connectivity index (χ4n) is 8.57. The van der Waals surface area contributed by atoms with Gasteiger partial charge in [0.1, 0.15) is 0 Å². The van der Waals surface area contributed by atoms with Gasteiger partial charge in [0.25, 0.3) is 0 Å². The first-order chi connectivity index (χ1) is 17.0. The lowest BCUT2D eigenvalue weighted by atomic mass is 9.45. The molecule has 0 N–H and O–H groups in total. The number of halogens is 3. The van der Waals surface area contributed by atoms with E-state index < -0.39 is 27.2 Å². The van der Waals surface area contributed by atoms with Crippen LogP contribution in [0.1, 0.15) is 69.7 Å². The van der Waals surface area contributed by atoms with E-state index in [1.165, 1.54) is 0 Å². The maximum Gasteiger partial charge on any atom is 0.339 e. The Balaban J connectivity index is 1.60. The molecule has 0 heterocycles. The summed E-state index contributed by atoms with van der Waals surface area (Å²) in [5.74, 6) is -0.538. The quantitative estimate of drug-likeness (QED) is 0.280. The molecule has 4 nitrogen and oxygen atoms in total. The zero-order valence-electron chi connectivity index (χ0n) is 21.0. The molecule has 4 aliphatic carbocycles. The first-order valence-electron chi connectivity index (χ1n) is 12.9. The number of ether oxygens (including phenoxy) is 1. The molecule has 4 aliphatic rings. The molecule has 7 heteroatoms. The van der Waals surface area contributed by atoms with E-state index >= 15 is 0 Å². The minimum absolute atomic E-state index is 0.0404. The summed E-state index contributed by atoms with van der Waals surface area (Å²) in [6.07, 6.45) is 5.76. The van der Waals surface area contributed by atoms with Crippen molar-refractivity contribution >= 4 is 56.7 Å². The minimum Gasteiger partial charge on any atom is -0.447 e. The number of carbonyl (C=O) groups is 3. The minimum atomic E-state index is -1.31. The number of hydrogen-bond donors (Lipinski definition) is 0. The number of ketones is 2. The number of allylic oxidation sites excluding steroid dienone is 1. The highest BCUT2D eigenvalue weighted by Gasteiger charge is 2.76. The second kappa shape index (κ2) is 8.95. The van der Waals surface area contributed by atoms with Crippen LogP contribution in [0.5, 0.6) is 0 Å². The molecule has 0 amide bonds. The number of carbonyl (C=O) groups excluding carboxylic acids is 3. The Kier molecular flexibility index (Phi) is 6.57. The van der Waals surface area contributed by atoms with E-state index in [0.29, 0.717) is 24.8 Å². The Bertz CT molecular complexity index is 1140. The highest BCUT2D eigenvalue weighted by Crippen LogP contribution is 2.73. The maximum absolute atomic E-state index is 13.8. The second-order valence-corrected chi connectivity index (χ2v) is 13.5.